The first-order valence-corrected chi connectivity index (χ1v) is 24.6. The first-order valence-electron chi connectivity index (χ1n) is 23.3. The number of hydrogen-bond donors (Lipinski definition) is 3. The number of hydrogen-bond acceptors (Lipinski definition) is 11. The van der Waals surface area contributed by atoms with Crippen molar-refractivity contribution in [3.05, 3.63) is 105 Å². The van der Waals surface area contributed by atoms with Crippen LogP contribution in [0.1, 0.15) is 120 Å². The molecule has 2 heterocycles. The largest absolute Gasteiger partial charge is 0.489 e. The zero-order valence-corrected chi connectivity index (χ0v) is 41.6. The number of nitrogens with zero attached hydrogens (tertiary/aromatic N) is 4. The van der Waals surface area contributed by atoms with Crippen LogP contribution in [0.4, 0.5) is 0 Å². The number of carbonyl (C=O) groups excluding carboxylic acids is 4. The van der Waals surface area contributed by atoms with E-state index < -0.39 is 35.4 Å². The van der Waals surface area contributed by atoms with Crippen molar-refractivity contribution < 1.29 is 33.8 Å². The number of β-amino-alcohol motifs (C(OH)–C–C–N with tert-alkyl or cyclic N) is 1. The summed E-state index contributed by atoms with van der Waals surface area (Å²) in [5, 5.41) is 35.6. The van der Waals surface area contributed by atoms with Crippen molar-refractivity contribution in [3.8, 4) is 28.3 Å². The number of aliphatic hydroxyl groups excluding tert-OH is 1. The van der Waals surface area contributed by atoms with Crippen LogP contribution in [0.5, 0.6) is 5.75 Å². The number of unbranched alkanes of at least 4 members (excludes halogenated alkanes) is 3. The molecule has 3 aromatic carbocycles. The summed E-state index contributed by atoms with van der Waals surface area (Å²) in [4.78, 5) is 60.3. The second-order valence-corrected chi connectivity index (χ2v) is 21.5. The Bertz CT molecular complexity index is 2500. The van der Waals surface area contributed by atoms with Gasteiger partial charge in [-0.25, -0.2) is 4.98 Å². The minimum Gasteiger partial charge on any atom is -0.489 e. The number of aryl methyl sites for hydroxylation is 2. The second kappa shape index (κ2) is 22.2. The van der Waals surface area contributed by atoms with Crippen molar-refractivity contribution >= 4 is 46.4 Å². The Balaban J connectivity index is 0.880. The van der Waals surface area contributed by atoms with Gasteiger partial charge in [0, 0.05) is 54.5 Å². The van der Waals surface area contributed by atoms with Crippen LogP contribution >= 0.6 is 22.9 Å². The fraction of sp³-hybridized carbons (Fsp3) is 0.491. The molecule has 1 aromatic heterocycles. The molecule has 1 saturated heterocycles. The van der Waals surface area contributed by atoms with Crippen LogP contribution in [0, 0.1) is 38.9 Å². The molecule has 0 spiro atoms. The fourth-order valence-corrected chi connectivity index (χ4v) is 10.8. The van der Waals surface area contributed by atoms with Crippen LogP contribution < -0.4 is 15.4 Å². The van der Waals surface area contributed by atoms with Crippen LogP contribution in [0.2, 0.25) is 5.02 Å². The summed E-state index contributed by atoms with van der Waals surface area (Å²) in [5.41, 5.74) is 4.53. The normalized spacial score (nSPS) is 19.8. The number of benzene rings is 3. The Hall–Kier alpha value is -5.64. The molecule has 6 rings (SSSR count). The van der Waals surface area contributed by atoms with Gasteiger partial charge < -0.3 is 30.1 Å². The number of thiazole rings is 1. The number of amides is 3. The van der Waals surface area contributed by atoms with Gasteiger partial charge >= 0.3 is 0 Å². The average molecular weight is 964 g/mol. The molecule has 0 bridgehead atoms. The topological polar surface area (TPSA) is 195 Å². The number of carbonyl (C=O) groups is 4. The maximum Gasteiger partial charge on any atom is 0.251 e. The van der Waals surface area contributed by atoms with Crippen molar-refractivity contribution in [2.75, 3.05) is 19.8 Å². The number of halogens is 1. The highest BCUT2D eigenvalue weighted by Crippen LogP contribution is 2.55. The summed E-state index contributed by atoms with van der Waals surface area (Å²) in [6.45, 7) is 14.0. The third-order valence-corrected chi connectivity index (χ3v) is 14.5. The Morgan fingerprint density at radius 2 is 1.59 bits per heavy atom. The summed E-state index contributed by atoms with van der Waals surface area (Å²) >= 11 is 7.63. The highest BCUT2D eigenvalue weighted by molar-refractivity contribution is 7.13. The van der Waals surface area contributed by atoms with E-state index in [0.717, 1.165) is 53.7 Å². The van der Waals surface area contributed by atoms with Crippen molar-refractivity contribution in [1.82, 2.24) is 20.5 Å². The first-order chi connectivity index (χ1) is 32.2. The maximum atomic E-state index is 14.0. The zero-order valence-electron chi connectivity index (χ0n) is 40.1. The average Bonchev–Trinajstić information content (AvgIpc) is 3.95. The van der Waals surface area contributed by atoms with E-state index in [1.165, 1.54) is 16.2 Å². The minimum absolute atomic E-state index is 0.0113. The molecule has 0 unspecified atom stereocenters. The van der Waals surface area contributed by atoms with E-state index in [-0.39, 0.29) is 60.7 Å². The fourth-order valence-electron chi connectivity index (χ4n) is 9.85. The van der Waals surface area contributed by atoms with E-state index >= 15 is 0 Å². The summed E-state index contributed by atoms with van der Waals surface area (Å²) in [5.74, 6) is -0.538. The predicted octanol–water partition coefficient (Wildman–Crippen LogP) is 8.63. The molecular weight excluding hydrogens is 900 g/mol. The molecule has 2 aliphatic rings. The molecule has 1 aliphatic heterocycles. The summed E-state index contributed by atoms with van der Waals surface area (Å²) in [7, 11) is 0. The predicted molar refractivity (Wildman–Crippen MR) is 262 cm³/mol. The Morgan fingerprint density at radius 1 is 0.926 bits per heavy atom. The monoisotopic (exact) mass is 962 g/mol. The van der Waals surface area contributed by atoms with Gasteiger partial charge in [0.15, 0.2) is 11.5 Å². The highest BCUT2D eigenvalue weighted by Gasteiger charge is 2.64. The van der Waals surface area contributed by atoms with Crippen molar-refractivity contribution in [1.29, 1.82) is 10.5 Å². The van der Waals surface area contributed by atoms with E-state index in [4.69, 9.17) is 21.1 Å². The van der Waals surface area contributed by atoms with Gasteiger partial charge in [-0.15, -0.1) is 11.3 Å². The molecule has 0 radical (unpaired) electrons. The summed E-state index contributed by atoms with van der Waals surface area (Å²) < 4.78 is 12.1. The van der Waals surface area contributed by atoms with Crippen LogP contribution in [0.25, 0.3) is 10.4 Å². The lowest BCUT2D eigenvalue weighted by Gasteiger charge is -2.63. The zero-order chi connectivity index (χ0) is 49.4. The van der Waals surface area contributed by atoms with Crippen LogP contribution in [0.3, 0.4) is 0 Å². The molecule has 1 aliphatic carbocycles. The number of aliphatic hydroxyl groups is 1. The summed E-state index contributed by atoms with van der Waals surface area (Å²) in [6, 6.07) is 22.7. The van der Waals surface area contributed by atoms with Crippen molar-refractivity contribution in [2.45, 2.75) is 130 Å². The molecule has 3 amide bonds. The van der Waals surface area contributed by atoms with Crippen molar-refractivity contribution in [2.24, 2.45) is 16.2 Å². The van der Waals surface area contributed by atoms with Gasteiger partial charge in [-0.2, -0.15) is 10.5 Å². The van der Waals surface area contributed by atoms with E-state index in [9.17, 15) is 34.8 Å². The number of ketones is 1. The Kier molecular flexibility index (Phi) is 16.9. The van der Waals surface area contributed by atoms with Gasteiger partial charge in [0.05, 0.1) is 33.1 Å². The third kappa shape index (κ3) is 12.3. The van der Waals surface area contributed by atoms with Gasteiger partial charge in [0.1, 0.15) is 36.6 Å². The molecule has 15 heteroatoms. The smallest absolute Gasteiger partial charge is 0.251 e. The minimum atomic E-state index is -0.932. The van der Waals surface area contributed by atoms with E-state index in [0.29, 0.717) is 40.6 Å². The number of likely N-dealkylation sites (tertiary alicyclic amines) is 1. The molecule has 3 atom stereocenters. The van der Waals surface area contributed by atoms with E-state index in [1.54, 1.807) is 23.7 Å². The van der Waals surface area contributed by atoms with E-state index in [1.807, 2.05) is 69.3 Å². The number of nitriles is 2. The lowest BCUT2D eigenvalue weighted by Crippen LogP contribution is -2.74. The molecule has 2 fully saturated rings. The number of nitrogens with one attached hydrogen (secondary N) is 2. The molecule has 1 saturated carbocycles. The van der Waals surface area contributed by atoms with Crippen LogP contribution in [0.15, 0.2) is 72.2 Å². The first kappa shape index (κ1) is 51.7. The number of Topliss-reactive ketones (excluding diaryl/α,β-unsaturated/α-hetero) is 1. The SMILES string of the molecule is CC1(C)C(NC(=O)c2ccc(CCCCCCOCC(=O)N[C@H](C(=O)N3C[C@H](O)C[C@H]3C(=O)CCc3ccc(-c4scnc4C#N)cc3)C(C)(C)C)cc2)C(C)(C)C1Oc1ccc(C#N)c(Cl)c1. The van der Waals surface area contributed by atoms with Gasteiger partial charge in [-0.3, -0.25) is 19.2 Å². The molecule has 3 N–H and O–H groups in total. The van der Waals surface area contributed by atoms with Crippen LogP contribution in [-0.2, 0) is 32.0 Å². The number of ether oxygens (including phenoxy) is 2. The quantitative estimate of drug-likeness (QED) is 0.0722. The number of aromatic nitrogens is 1. The Labute approximate surface area is 409 Å². The molecule has 360 valence electrons. The lowest BCUT2D eigenvalue weighted by atomic mass is 9.49. The molecule has 4 aromatic rings. The number of rotatable bonds is 20. The highest BCUT2D eigenvalue weighted by atomic mass is 35.5. The van der Waals surface area contributed by atoms with Gasteiger partial charge in [-0.05, 0) is 72.1 Å². The third-order valence-electron chi connectivity index (χ3n) is 13.3. The summed E-state index contributed by atoms with van der Waals surface area (Å²) in [6.07, 6.45) is 4.19. The van der Waals surface area contributed by atoms with E-state index in [2.05, 4.69) is 55.5 Å². The lowest BCUT2D eigenvalue weighted by molar-refractivity contribution is -0.164. The standard InChI is InChI=1S/C53H63ClN6O7S/c1-51(2,3)46(48(65)60-30-38(61)26-42(60)43(62)24-17-34-13-18-35(19-14-34)45-41(29-56)57-32-68-45)58-44(63)31-66-25-11-9-8-10-12-33-15-20-36(21-16-33)47(64)59-49-52(4,5)50(53(49,6)7)67-39-23-22-37(28-55)40(54)27-39/h13-16,18-23,27,32,38,42,46,49-50,61H,8-12,17,24-26,30-31H2,1-7H3,(H,58,63)(H,59,64)/t38-,42+,46-,49?,50?/m1/s1. The van der Waals surface area contributed by atoms with Crippen LogP contribution in [-0.4, -0.2) is 88.6 Å². The molecule has 13 nitrogen and oxygen atoms in total. The van der Waals surface area contributed by atoms with Gasteiger partial charge in [0.2, 0.25) is 11.8 Å². The maximum absolute atomic E-state index is 14.0. The van der Waals surface area contributed by atoms with Crippen molar-refractivity contribution in [3.63, 3.8) is 0 Å². The second-order valence-electron chi connectivity index (χ2n) is 20.3. The van der Waals surface area contributed by atoms with Gasteiger partial charge in [0.25, 0.3) is 5.91 Å². The molecular formula is C53H63ClN6O7S. The Morgan fingerprint density at radius 3 is 2.24 bits per heavy atom. The molecule has 68 heavy (non-hydrogen) atoms. The van der Waals surface area contributed by atoms with Gasteiger partial charge in [-0.1, -0.05) is 109 Å².